The maximum Gasteiger partial charge on any atom is 0.271 e. The molecule has 0 aliphatic rings. The molecule has 170 valence electrons. The molecule has 4 N–H and O–H groups in total. The first-order chi connectivity index (χ1) is 17.0. The van der Waals surface area contributed by atoms with Gasteiger partial charge in [-0.25, -0.2) is 9.97 Å². The normalized spacial score (nSPS) is 11.2. The number of nitrogen functional groups attached to an aromatic ring is 1. The summed E-state index contributed by atoms with van der Waals surface area (Å²) in [5.74, 6) is 2.76. The van der Waals surface area contributed by atoms with E-state index < -0.39 is 4.92 Å². The van der Waals surface area contributed by atoms with Crippen molar-refractivity contribution >= 4 is 33.4 Å². The van der Waals surface area contributed by atoms with Crippen LogP contribution in [0.1, 0.15) is 0 Å². The first kappa shape index (κ1) is 20.4. The van der Waals surface area contributed by atoms with E-state index in [-0.39, 0.29) is 5.69 Å². The van der Waals surface area contributed by atoms with Gasteiger partial charge >= 0.3 is 0 Å². The molecule has 0 spiro atoms. The van der Waals surface area contributed by atoms with Crippen LogP contribution in [-0.2, 0) is 0 Å². The van der Waals surface area contributed by atoms with Gasteiger partial charge in [-0.2, -0.15) is 0 Å². The Morgan fingerprint density at radius 1 is 0.714 bits per heavy atom. The fourth-order valence-corrected chi connectivity index (χ4v) is 3.91. The maximum atomic E-state index is 11.0. The second-order valence-corrected chi connectivity index (χ2v) is 8.06. The van der Waals surface area contributed by atoms with Crippen molar-refractivity contribution in [3.63, 3.8) is 0 Å². The summed E-state index contributed by atoms with van der Waals surface area (Å²) in [6, 6.07) is 25.3. The van der Waals surface area contributed by atoms with Crippen molar-refractivity contribution in [3.05, 3.63) is 95.0 Å². The van der Waals surface area contributed by atoms with E-state index in [4.69, 9.17) is 10.5 Å². The topological polar surface area (TPSA) is 136 Å². The van der Waals surface area contributed by atoms with Crippen LogP contribution in [0.4, 0.5) is 11.4 Å². The maximum absolute atomic E-state index is 11.0. The summed E-state index contributed by atoms with van der Waals surface area (Å²) in [6.45, 7) is 0. The number of hydrogen-bond acceptors (Lipinski definition) is 6. The molecule has 2 aromatic heterocycles. The molecular weight excluding hydrogens is 444 g/mol. The first-order valence-corrected chi connectivity index (χ1v) is 10.8. The highest BCUT2D eigenvalue weighted by atomic mass is 16.6. The molecule has 0 amide bonds. The van der Waals surface area contributed by atoms with Gasteiger partial charge in [0.05, 0.1) is 27.0 Å². The Labute approximate surface area is 198 Å². The number of benzene rings is 4. The lowest BCUT2D eigenvalue weighted by Crippen LogP contribution is -1.86. The van der Waals surface area contributed by atoms with Crippen LogP contribution in [-0.4, -0.2) is 24.9 Å². The number of anilines is 1. The van der Waals surface area contributed by atoms with Gasteiger partial charge in [-0.1, -0.05) is 0 Å². The van der Waals surface area contributed by atoms with Gasteiger partial charge in [0, 0.05) is 28.9 Å². The molecule has 0 fully saturated rings. The molecule has 0 atom stereocenters. The Bertz CT molecular complexity index is 1700. The number of nitro benzene ring substituents is 1. The quantitative estimate of drug-likeness (QED) is 0.162. The number of hydrogen-bond donors (Lipinski definition) is 3. The predicted octanol–water partition coefficient (Wildman–Crippen LogP) is 6.06. The molecule has 35 heavy (non-hydrogen) atoms. The third-order valence-corrected chi connectivity index (χ3v) is 5.67. The Hall–Kier alpha value is -5.18. The van der Waals surface area contributed by atoms with Gasteiger partial charge in [0.2, 0.25) is 0 Å². The second kappa shape index (κ2) is 7.99. The summed E-state index contributed by atoms with van der Waals surface area (Å²) in [5.41, 5.74) is 11.4. The van der Waals surface area contributed by atoms with E-state index in [0.29, 0.717) is 34.0 Å². The molecule has 0 saturated carbocycles. The molecule has 0 saturated heterocycles. The minimum Gasteiger partial charge on any atom is -0.457 e. The largest absolute Gasteiger partial charge is 0.457 e. The van der Waals surface area contributed by atoms with E-state index in [0.717, 1.165) is 28.0 Å². The summed E-state index contributed by atoms with van der Waals surface area (Å²) in [6.07, 6.45) is 0. The monoisotopic (exact) mass is 462 g/mol. The summed E-state index contributed by atoms with van der Waals surface area (Å²) in [7, 11) is 0. The zero-order valence-electron chi connectivity index (χ0n) is 18.2. The number of nitrogens with two attached hydrogens (primary N) is 1. The van der Waals surface area contributed by atoms with Gasteiger partial charge in [0.15, 0.2) is 0 Å². The van der Waals surface area contributed by atoms with Crippen molar-refractivity contribution < 1.29 is 9.66 Å². The zero-order chi connectivity index (χ0) is 23.9. The van der Waals surface area contributed by atoms with E-state index >= 15 is 0 Å². The number of nitro groups is 1. The second-order valence-electron chi connectivity index (χ2n) is 8.06. The number of fused-ring (bicyclic) bond motifs is 2. The van der Waals surface area contributed by atoms with Crippen LogP contribution in [0.15, 0.2) is 84.9 Å². The van der Waals surface area contributed by atoms with Crippen molar-refractivity contribution in [1.29, 1.82) is 0 Å². The molecule has 6 aromatic rings. The highest BCUT2D eigenvalue weighted by Crippen LogP contribution is 2.29. The molecule has 0 aliphatic heterocycles. The molecule has 6 rings (SSSR count). The van der Waals surface area contributed by atoms with E-state index in [9.17, 15) is 10.1 Å². The highest BCUT2D eigenvalue weighted by molar-refractivity contribution is 5.83. The van der Waals surface area contributed by atoms with Crippen LogP contribution in [0, 0.1) is 10.1 Å². The van der Waals surface area contributed by atoms with E-state index in [1.54, 1.807) is 6.07 Å². The van der Waals surface area contributed by atoms with Crippen molar-refractivity contribution in [1.82, 2.24) is 19.9 Å². The van der Waals surface area contributed by atoms with E-state index in [1.165, 1.54) is 12.1 Å². The Morgan fingerprint density at radius 2 is 1.23 bits per heavy atom. The summed E-state index contributed by atoms with van der Waals surface area (Å²) in [5, 5.41) is 11.0. The minimum absolute atomic E-state index is 0.0208. The number of aromatic amines is 2. The molecule has 0 bridgehead atoms. The summed E-state index contributed by atoms with van der Waals surface area (Å²) < 4.78 is 5.98. The number of aromatic nitrogens is 4. The van der Waals surface area contributed by atoms with Crippen molar-refractivity contribution in [2.75, 3.05) is 5.73 Å². The van der Waals surface area contributed by atoms with Crippen molar-refractivity contribution in [3.8, 4) is 34.3 Å². The van der Waals surface area contributed by atoms with Gasteiger partial charge in [0.25, 0.3) is 5.69 Å². The number of rotatable bonds is 5. The van der Waals surface area contributed by atoms with Gasteiger partial charge in [-0.15, -0.1) is 0 Å². The fourth-order valence-electron chi connectivity index (χ4n) is 3.91. The molecule has 0 aliphatic carbocycles. The zero-order valence-corrected chi connectivity index (χ0v) is 18.2. The SMILES string of the molecule is Nc1ccc2nc(-c3ccc(Oc4ccc(-c5nc6ccc([N+](=O)[O-])cc6[nH]5)cc4)cc3)[nH]c2c1. The number of H-pyrrole nitrogens is 2. The molecule has 0 radical (unpaired) electrons. The Morgan fingerprint density at radius 3 is 1.77 bits per heavy atom. The lowest BCUT2D eigenvalue weighted by molar-refractivity contribution is -0.384. The summed E-state index contributed by atoms with van der Waals surface area (Å²) in [4.78, 5) is 26.1. The fraction of sp³-hybridized carbons (Fsp3) is 0. The van der Waals surface area contributed by atoms with Gasteiger partial charge in [-0.05, 0) is 72.8 Å². The smallest absolute Gasteiger partial charge is 0.271 e. The van der Waals surface area contributed by atoms with Crippen LogP contribution >= 0.6 is 0 Å². The lowest BCUT2D eigenvalue weighted by Gasteiger charge is -2.07. The van der Waals surface area contributed by atoms with Gasteiger partial charge in [-0.3, -0.25) is 10.1 Å². The standard InChI is InChI=1S/C26H18N6O3/c27-17-5-11-21-23(13-17)30-25(28-21)15-1-7-19(8-2-15)35-20-9-3-16(4-10-20)26-29-22-12-6-18(32(33)34)14-24(22)31-26/h1-14H,27H2,(H,28,30)(H,29,31). The van der Waals surface area contributed by atoms with Crippen molar-refractivity contribution in [2.24, 2.45) is 0 Å². The first-order valence-electron chi connectivity index (χ1n) is 10.8. The number of imidazole rings is 2. The Kier molecular flexibility index (Phi) is 4.67. The lowest BCUT2D eigenvalue weighted by atomic mass is 10.2. The third-order valence-electron chi connectivity index (χ3n) is 5.67. The van der Waals surface area contributed by atoms with Crippen LogP contribution < -0.4 is 10.5 Å². The van der Waals surface area contributed by atoms with Gasteiger partial charge in [0.1, 0.15) is 23.1 Å². The highest BCUT2D eigenvalue weighted by Gasteiger charge is 2.11. The van der Waals surface area contributed by atoms with Crippen LogP contribution in [0.25, 0.3) is 44.8 Å². The predicted molar refractivity (Wildman–Crippen MR) is 134 cm³/mol. The average Bonchev–Trinajstić information content (AvgIpc) is 3.48. The van der Waals surface area contributed by atoms with Crippen LogP contribution in [0.2, 0.25) is 0 Å². The molecular formula is C26H18N6O3. The van der Waals surface area contributed by atoms with Crippen molar-refractivity contribution in [2.45, 2.75) is 0 Å². The van der Waals surface area contributed by atoms with Crippen LogP contribution in [0.3, 0.4) is 0 Å². The molecule has 0 unspecified atom stereocenters. The third kappa shape index (κ3) is 3.91. The van der Waals surface area contributed by atoms with Crippen LogP contribution in [0.5, 0.6) is 11.5 Å². The number of ether oxygens (including phenoxy) is 1. The summed E-state index contributed by atoms with van der Waals surface area (Å²) >= 11 is 0. The molecule has 2 heterocycles. The van der Waals surface area contributed by atoms with Gasteiger partial charge < -0.3 is 20.4 Å². The average molecular weight is 462 g/mol. The molecule has 9 nitrogen and oxygen atoms in total. The van der Waals surface area contributed by atoms with E-state index in [2.05, 4.69) is 19.9 Å². The minimum atomic E-state index is -0.425. The Balaban J connectivity index is 1.19. The van der Waals surface area contributed by atoms with E-state index in [1.807, 2.05) is 66.7 Å². The number of non-ortho nitro benzene ring substituents is 1. The number of nitrogens with one attached hydrogen (secondary N) is 2. The molecule has 9 heteroatoms. The molecule has 4 aromatic carbocycles. The number of nitrogens with zero attached hydrogens (tertiary/aromatic N) is 3.